The number of hydrogen-bond acceptors (Lipinski definition) is 4. The zero-order chi connectivity index (χ0) is 10.4. The van der Waals surface area contributed by atoms with Gasteiger partial charge in [0.25, 0.3) is 5.91 Å². The Morgan fingerprint density at radius 3 is 3.00 bits per heavy atom. The predicted octanol–water partition coefficient (Wildman–Crippen LogP) is 0.424. The van der Waals surface area contributed by atoms with Crippen LogP contribution in [0.2, 0.25) is 0 Å². The van der Waals surface area contributed by atoms with Gasteiger partial charge in [-0.25, -0.2) is 4.98 Å². The van der Waals surface area contributed by atoms with Crippen LogP contribution in [0.4, 0.5) is 0 Å². The van der Waals surface area contributed by atoms with Crippen LogP contribution in [0.5, 0.6) is 5.75 Å². The molecule has 0 aliphatic heterocycles. The van der Waals surface area contributed by atoms with Crippen LogP contribution >= 0.6 is 0 Å². The quantitative estimate of drug-likeness (QED) is 0.709. The van der Waals surface area contributed by atoms with E-state index in [0.717, 1.165) is 0 Å². The maximum atomic E-state index is 11.4. The van der Waals surface area contributed by atoms with Gasteiger partial charge >= 0.3 is 0 Å². The van der Waals surface area contributed by atoms with E-state index in [9.17, 15) is 4.79 Å². The zero-order valence-electron chi connectivity index (χ0n) is 8.11. The first-order valence-corrected chi connectivity index (χ1v) is 4.05. The number of nitrogens with one attached hydrogen (secondary N) is 1. The first-order valence-electron chi connectivity index (χ1n) is 4.05. The van der Waals surface area contributed by atoms with Gasteiger partial charge in [-0.1, -0.05) is 0 Å². The number of carbonyl (C=O) groups is 1. The van der Waals surface area contributed by atoms with E-state index in [0.29, 0.717) is 5.75 Å². The molecule has 0 radical (unpaired) electrons. The van der Waals surface area contributed by atoms with Gasteiger partial charge in [-0.15, -0.1) is 0 Å². The molecule has 0 saturated carbocycles. The molecule has 0 aromatic carbocycles. The molecular formula is C9H12N2O3. The smallest absolute Gasteiger partial charge is 0.275 e. The largest absolute Gasteiger partial charge is 0.494 e. The van der Waals surface area contributed by atoms with Gasteiger partial charge in [-0.2, -0.15) is 0 Å². The number of rotatable bonds is 4. The standard InChI is InChI=1S/C9H12N2O3/c1-13-6-11-9(12)8-7(14-2)4-3-5-10-8/h3-5H,6H2,1-2H3,(H,11,12). The number of aromatic nitrogens is 1. The van der Waals surface area contributed by atoms with Gasteiger partial charge in [0, 0.05) is 13.3 Å². The maximum absolute atomic E-state index is 11.4. The van der Waals surface area contributed by atoms with Gasteiger partial charge in [0.15, 0.2) is 5.69 Å². The summed E-state index contributed by atoms with van der Waals surface area (Å²) in [6.07, 6.45) is 1.53. The Bertz CT molecular complexity index is 315. The van der Waals surface area contributed by atoms with Crippen molar-refractivity contribution in [3.05, 3.63) is 24.0 Å². The molecule has 1 rings (SSSR count). The van der Waals surface area contributed by atoms with Gasteiger partial charge < -0.3 is 14.8 Å². The molecule has 0 atom stereocenters. The van der Waals surface area contributed by atoms with Crippen LogP contribution in [0.1, 0.15) is 10.5 Å². The van der Waals surface area contributed by atoms with E-state index in [2.05, 4.69) is 10.3 Å². The normalized spacial score (nSPS) is 9.57. The molecule has 0 aliphatic rings. The van der Waals surface area contributed by atoms with E-state index >= 15 is 0 Å². The van der Waals surface area contributed by atoms with E-state index in [1.54, 1.807) is 12.1 Å². The third-order valence-electron chi connectivity index (χ3n) is 1.58. The summed E-state index contributed by atoms with van der Waals surface area (Å²) in [5, 5.41) is 2.52. The molecule has 0 bridgehead atoms. The van der Waals surface area contributed by atoms with Crippen LogP contribution in [0.25, 0.3) is 0 Å². The summed E-state index contributed by atoms with van der Waals surface area (Å²) < 4.78 is 9.69. The van der Waals surface area contributed by atoms with Gasteiger partial charge in [0.2, 0.25) is 0 Å². The molecule has 0 saturated heterocycles. The molecule has 1 heterocycles. The van der Waals surface area contributed by atoms with Crippen molar-refractivity contribution in [3.8, 4) is 5.75 Å². The Balaban J connectivity index is 2.78. The molecule has 76 valence electrons. The fourth-order valence-corrected chi connectivity index (χ4v) is 0.947. The molecule has 0 spiro atoms. The predicted molar refractivity (Wildman–Crippen MR) is 50.1 cm³/mol. The number of methoxy groups -OCH3 is 2. The molecule has 0 unspecified atom stereocenters. The van der Waals surface area contributed by atoms with Crippen LogP contribution in [-0.2, 0) is 4.74 Å². The molecule has 1 N–H and O–H groups in total. The van der Waals surface area contributed by atoms with Crippen molar-refractivity contribution < 1.29 is 14.3 Å². The molecule has 1 aromatic rings. The van der Waals surface area contributed by atoms with Crippen LogP contribution in [0.3, 0.4) is 0 Å². The van der Waals surface area contributed by atoms with Crippen LogP contribution in [0.15, 0.2) is 18.3 Å². The van der Waals surface area contributed by atoms with Gasteiger partial charge in [-0.3, -0.25) is 4.79 Å². The van der Waals surface area contributed by atoms with Crippen molar-refractivity contribution >= 4 is 5.91 Å². The highest BCUT2D eigenvalue weighted by Gasteiger charge is 2.11. The SMILES string of the molecule is COCNC(=O)c1ncccc1OC. The number of ether oxygens (including phenoxy) is 2. The second-order valence-electron chi connectivity index (χ2n) is 2.49. The van der Waals surface area contributed by atoms with Crippen molar-refractivity contribution in [2.75, 3.05) is 21.0 Å². The lowest BCUT2D eigenvalue weighted by Crippen LogP contribution is -2.26. The Labute approximate surface area is 82.0 Å². The van der Waals surface area contributed by atoms with Crippen LogP contribution in [-0.4, -0.2) is 31.8 Å². The maximum Gasteiger partial charge on any atom is 0.275 e. The van der Waals surface area contributed by atoms with E-state index in [-0.39, 0.29) is 18.3 Å². The lowest BCUT2D eigenvalue weighted by Gasteiger charge is -2.06. The number of pyridine rings is 1. The monoisotopic (exact) mass is 196 g/mol. The first-order chi connectivity index (χ1) is 6.79. The van der Waals surface area contributed by atoms with E-state index in [1.165, 1.54) is 20.4 Å². The van der Waals surface area contributed by atoms with E-state index < -0.39 is 0 Å². The van der Waals surface area contributed by atoms with Gasteiger partial charge in [-0.05, 0) is 12.1 Å². The molecule has 1 aromatic heterocycles. The second-order valence-corrected chi connectivity index (χ2v) is 2.49. The van der Waals surface area contributed by atoms with Crippen molar-refractivity contribution in [1.29, 1.82) is 0 Å². The van der Waals surface area contributed by atoms with Crippen molar-refractivity contribution in [2.45, 2.75) is 0 Å². The summed E-state index contributed by atoms with van der Waals surface area (Å²) in [5.74, 6) is 0.130. The number of carbonyl (C=O) groups excluding carboxylic acids is 1. The minimum Gasteiger partial charge on any atom is -0.494 e. The highest BCUT2D eigenvalue weighted by molar-refractivity contribution is 5.94. The van der Waals surface area contributed by atoms with E-state index in [4.69, 9.17) is 9.47 Å². The number of nitrogens with zero attached hydrogens (tertiary/aromatic N) is 1. The van der Waals surface area contributed by atoms with Crippen LogP contribution < -0.4 is 10.1 Å². The van der Waals surface area contributed by atoms with E-state index in [1.807, 2.05) is 0 Å². The summed E-state index contributed by atoms with van der Waals surface area (Å²) in [4.78, 5) is 15.4. The van der Waals surface area contributed by atoms with Crippen molar-refractivity contribution in [1.82, 2.24) is 10.3 Å². The third-order valence-corrected chi connectivity index (χ3v) is 1.58. The Morgan fingerprint density at radius 1 is 1.57 bits per heavy atom. The van der Waals surface area contributed by atoms with Gasteiger partial charge in [0.1, 0.15) is 12.5 Å². The summed E-state index contributed by atoms with van der Waals surface area (Å²) in [7, 11) is 2.99. The van der Waals surface area contributed by atoms with Crippen molar-refractivity contribution in [3.63, 3.8) is 0 Å². The molecule has 0 fully saturated rings. The zero-order valence-corrected chi connectivity index (χ0v) is 8.11. The summed E-state index contributed by atoms with van der Waals surface area (Å²) in [5.41, 5.74) is 0.257. The molecule has 14 heavy (non-hydrogen) atoms. The second kappa shape index (κ2) is 5.18. The third kappa shape index (κ3) is 2.43. The highest BCUT2D eigenvalue weighted by Crippen LogP contribution is 2.13. The minimum atomic E-state index is -0.315. The Morgan fingerprint density at radius 2 is 2.36 bits per heavy atom. The lowest BCUT2D eigenvalue weighted by atomic mass is 10.3. The fourth-order valence-electron chi connectivity index (χ4n) is 0.947. The highest BCUT2D eigenvalue weighted by atomic mass is 16.5. The number of amides is 1. The summed E-state index contributed by atoms with van der Waals surface area (Å²) in [6, 6.07) is 3.38. The Hall–Kier alpha value is -1.62. The fraction of sp³-hybridized carbons (Fsp3) is 0.333. The summed E-state index contributed by atoms with van der Waals surface area (Å²) >= 11 is 0. The van der Waals surface area contributed by atoms with Crippen molar-refractivity contribution in [2.24, 2.45) is 0 Å². The van der Waals surface area contributed by atoms with Gasteiger partial charge in [0.05, 0.1) is 7.11 Å². The molecule has 0 aliphatic carbocycles. The molecule has 1 amide bonds. The van der Waals surface area contributed by atoms with Crippen LogP contribution in [0, 0.1) is 0 Å². The minimum absolute atomic E-state index is 0.151. The lowest BCUT2D eigenvalue weighted by molar-refractivity contribution is 0.0864. The topological polar surface area (TPSA) is 60.5 Å². The molecule has 5 nitrogen and oxygen atoms in total. The average molecular weight is 196 g/mol. The summed E-state index contributed by atoms with van der Waals surface area (Å²) in [6.45, 7) is 0.151. The Kier molecular flexibility index (Phi) is 3.87. The molecular weight excluding hydrogens is 184 g/mol. The number of hydrogen-bond donors (Lipinski definition) is 1. The molecule has 5 heteroatoms. The average Bonchev–Trinajstić information content (AvgIpc) is 2.25. The first kappa shape index (κ1) is 10.5.